The lowest BCUT2D eigenvalue weighted by Gasteiger charge is -2.22. The van der Waals surface area contributed by atoms with Crippen LogP contribution in [-0.4, -0.2) is 24.2 Å². The predicted molar refractivity (Wildman–Crippen MR) is 61.0 cm³/mol. The Bertz CT molecular complexity index is 186. The first-order valence-electron chi connectivity index (χ1n) is 5.67. The maximum atomic E-state index is 12.0. The number of hydrogen-bond acceptors (Lipinski definition) is 4. The van der Waals surface area contributed by atoms with Crippen molar-refractivity contribution in [1.82, 2.24) is 0 Å². The molecule has 1 atom stereocenters. The third-order valence-electron chi connectivity index (χ3n) is 2.05. The summed E-state index contributed by atoms with van der Waals surface area (Å²) in [4.78, 5) is 0. The third-order valence-corrected chi connectivity index (χ3v) is 4.27. The lowest BCUT2D eigenvalue weighted by molar-refractivity contribution is 0.142. The van der Waals surface area contributed by atoms with Gasteiger partial charge >= 0.3 is 7.60 Å². The Morgan fingerprint density at radius 1 is 1.13 bits per heavy atom. The van der Waals surface area contributed by atoms with Crippen LogP contribution in [-0.2, 0) is 13.6 Å². The highest BCUT2D eigenvalue weighted by Gasteiger charge is 2.33. The summed E-state index contributed by atoms with van der Waals surface area (Å²) in [5.74, 6) is -0.982. The zero-order valence-corrected chi connectivity index (χ0v) is 10.8. The summed E-state index contributed by atoms with van der Waals surface area (Å²) >= 11 is 0. The predicted octanol–water partition coefficient (Wildman–Crippen LogP) is 3.15. The highest BCUT2D eigenvalue weighted by molar-refractivity contribution is 7.54. The van der Waals surface area contributed by atoms with Gasteiger partial charge in [0.05, 0.1) is 13.2 Å². The average Bonchev–Trinajstić information content (AvgIpc) is 2.18. The van der Waals surface area contributed by atoms with Gasteiger partial charge in [-0.05, 0) is 20.3 Å². The molecule has 4 nitrogen and oxygen atoms in total. The van der Waals surface area contributed by atoms with Gasteiger partial charge in [-0.1, -0.05) is 26.2 Å². The van der Waals surface area contributed by atoms with Crippen molar-refractivity contribution >= 4 is 7.60 Å². The minimum absolute atomic E-state index is 0.294. The van der Waals surface area contributed by atoms with Gasteiger partial charge in [-0.2, -0.15) is 0 Å². The molecular weight excluding hydrogens is 215 g/mol. The molecule has 1 N–H and O–H groups in total. The van der Waals surface area contributed by atoms with Gasteiger partial charge in [0.1, 0.15) is 0 Å². The normalized spacial score (nSPS) is 14.1. The monoisotopic (exact) mass is 238 g/mol. The van der Waals surface area contributed by atoms with E-state index in [2.05, 4.69) is 6.92 Å². The molecule has 0 heterocycles. The van der Waals surface area contributed by atoms with Crippen LogP contribution in [0.2, 0.25) is 0 Å². The van der Waals surface area contributed by atoms with Gasteiger partial charge in [0.15, 0.2) is 5.85 Å². The number of unbranched alkanes of at least 4 members (excludes halogenated alkanes) is 2. The van der Waals surface area contributed by atoms with Gasteiger partial charge in [0.25, 0.3) is 0 Å². The van der Waals surface area contributed by atoms with Crippen molar-refractivity contribution in [3.63, 3.8) is 0 Å². The molecule has 0 aliphatic carbocycles. The second-order valence-corrected chi connectivity index (χ2v) is 5.54. The van der Waals surface area contributed by atoms with Crippen LogP contribution >= 0.6 is 7.60 Å². The van der Waals surface area contributed by atoms with E-state index in [1.807, 2.05) is 0 Å². The summed E-state index contributed by atoms with van der Waals surface area (Å²) < 4.78 is 22.1. The molecule has 92 valence electrons. The molecule has 0 radical (unpaired) electrons. The van der Waals surface area contributed by atoms with Crippen molar-refractivity contribution in [1.29, 1.82) is 0 Å². The lowest BCUT2D eigenvalue weighted by atomic mass is 10.2. The Labute approximate surface area is 92.5 Å². The van der Waals surface area contributed by atoms with Gasteiger partial charge in [0.2, 0.25) is 0 Å². The van der Waals surface area contributed by atoms with Crippen molar-refractivity contribution in [2.45, 2.75) is 52.3 Å². The minimum Gasteiger partial charge on any atom is -0.380 e. The van der Waals surface area contributed by atoms with Gasteiger partial charge in [-0.3, -0.25) is 4.57 Å². The van der Waals surface area contributed by atoms with Crippen molar-refractivity contribution in [3.05, 3.63) is 0 Å². The summed E-state index contributed by atoms with van der Waals surface area (Å²) in [6.45, 7) is 6.15. The second-order valence-electron chi connectivity index (χ2n) is 3.35. The van der Waals surface area contributed by atoms with Crippen LogP contribution in [0.5, 0.6) is 0 Å². The molecule has 5 heteroatoms. The third kappa shape index (κ3) is 5.67. The molecule has 0 aliphatic heterocycles. The van der Waals surface area contributed by atoms with Gasteiger partial charge in [-0.15, -0.1) is 0 Å². The van der Waals surface area contributed by atoms with Crippen LogP contribution in [0.3, 0.4) is 0 Å². The molecule has 0 saturated heterocycles. The Kier molecular flexibility index (Phi) is 8.34. The molecule has 0 aliphatic rings. The van der Waals surface area contributed by atoms with E-state index < -0.39 is 13.4 Å². The van der Waals surface area contributed by atoms with Crippen LogP contribution in [0.15, 0.2) is 0 Å². The zero-order valence-electron chi connectivity index (χ0n) is 9.94. The van der Waals surface area contributed by atoms with Gasteiger partial charge in [-0.25, -0.2) is 0 Å². The number of hydrogen-bond donors (Lipinski definition) is 1. The fourth-order valence-electron chi connectivity index (χ4n) is 1.30. The smallest absolute Gasteiger partial charge is 0.358 e. The van der Waals surface area contributed by atoms with Crippen molar-refractivity contribution in [3.8, 4) is 0 Å². The molecular formula is C10H23O4P. The summed E-state index contributed by atoms with van der Waals surface area (Å²) in [6.07, 6.45) is 3.42. The fourth-order valence-corrected chi connectivity index (χ4v) is 2.94. The SMILES string of the molecule is CCCCC[C@H](O)P(=O)(OCC)OCC. The van der Waals surface area contributed by atoms with Crippen LogP contribution < -0.4 is 0 Å². The van der Waals surface area contributed by atoms with Gasteiger partial charge < -0.3 is 14.2 Å². The maximum absolute atomic E-state index is 12.0. The van der Waals surface area contributed by atoms with E-state index in [-0.39, 0.29) is 0 Å². The number of aliphatic hydroxyl groups excluding tert-OH is 1. The molecule has 0 spiro atoms. The first kappa shape index (κ1) is 15.1. The Hall–Kier alpha value is 0.110. The van der Waals surface area contributed by atoms with Crippen LogP contribution in [0, 0.1) is 0 Å². The lowest BCUT2D eigenvalue weighted by Crippen LogP contribution is -2.12. The molecule has 0 aromatic rings. The Morgan fingerprint density at radius 2 is 1.67 bits per heavy atom. The maximum Gasteiger partial charge on any atom is 0.358 e. The number of rotatable bonds is 9. The van der Waals surface area contributed by atoms with Gasteiger partial charge in [0, 0.05) is 0 Å². The quantitative estimate of drug-likeness (QED) is 0.495. The number of aliphatic hydroxyl groups is 1. The summed E-state index contributed by atoms with van der Waals surface area (Å²) in [5, 5.41) is 9.74. The topological polar surface area (TPSA) is 55.8 Å². The summed E-state index contributed by atoms with van der Waals surface area (Å²) in [6, 6.07) is 0. The molecule has 0 saturated carbocycles. The molecule has 0 bridgehead atoms. The minimum atomic E-state index is -3.30. The van der Waals surface area contributed by atoms with E-state index in [9.17, 15) is 9.67 Å². The Balaban J connectivity index is 4.15. The van der Waals surface area contributed by atoms with Crippen LogP contribution in [0.4, 0.5) is 0 Å². The zero-order chi connectivity index (χ0) is 11.7. The van der Waals surface area contributed by atoms with Crippen molar-refractivity contribution in [2.75, 3.05) is 13.2 Å². The fraction of sp³-hybridized carbons (Fsp3) is 1.00. The summed E-state index contributed by atoms with van der Waals surface area (Å²) in [5.41, 5.74) is 0. The average molecular weight is 238 g/mol. The van der Waals surface area contributed by atoms with Crippen LogP contribution in [0.25, 0.3) is 0 Å². The molecule has 0 aromatic heterocycles. The van der Waals surface area contributed by atoms with E-state index in [1.54, 1.807) is 13.8 Å². The molecule has 0 rings (SSSR count). The first-order valence-corrected chi connectivity index (χ1v) is 7.28. The standard InChI is InChI=1S/C10H23O4P/c1-4-7-8-9-10(11)15(12,13-5-2)14-6-3/h10-11H,4-9H2,1-3H3/t10-/m1/s1. The van der Waals surface area contributed by atoms with E-state index >= 15 is 0 Å². The van der Waals surface area contributed by atoms with Crippen LogP contribution in [0.1, 0.15) is 46.5 Å². The van der Waals surface area contributed by atoms with E-state index in [1.165, 1.54) is 0 Å². The highest BCUT2D eigenvalue weighted by atomic mass is 31.2. The van der Waals surface area contributed by atoms with Crippen molar-refractivity contribution in [2.24, 2.45) is 0 Å². The van der Waals surface area contributed by atoms with Crippen molar-refractivity contribution < 1.29 is 18.7 Å². The molecule has 0 fully saturated rings. The van der Waals surface area contributed by atoms with E-state index in [4.69, 9.17) is 9.05 Å². The van der Waals surface area contributed by atoms with E-state index in [0.29, 0.717) is 19.6 Å². The summed E-state index contributed by atoms with van der Waals surface area (Å²) in [7, 11) is -3.30. The second kappa shape index (κ2) is 8.28. The molecule has 15 heavy (non-hydrogen) atoms. The largest absolute Gasteiger partial charge is 0.380 e. The molecule has 0 amide bonds. The first-order chi connectivity index (χ1) is 7.10. The highest BCUT2D eigenvalue weighted by Crippen LogP contribution is 2.53. The molecule has 0 aromatic carbocycles. The van der Waals surface area contributed by atoms with E-state index in [0.717, 1.165) is 19.3 Å². The Morgan fingerprint density at radius 3 is 2.07 bits per heavy atom. The molecule has 0 unspecified atom stereocenters.